The normalized spacial score (nSPS) is 25.2. The van der Waals surface area contributed by atoms with Crippen molar-refractivity contribution in [2.75, 3.05) is 6.61 Å². The Morgan fingerprint density at radius 2 is 1.88 bits per heavy atom. The van der Waals surface area contributed by atoms with E-state index in [1.807, 2.05) is 41.5 Å². The van der Waals surface area contributed by atoms with E-state index in [0.29, 0.717) is 13.0 Å². The number of rotatable bonds is 4. The molecule has 1 fully saturated rings. The molecule has 0 aromatic carbocycles. The highest BCUT2D eigenvalue weighted by Gasteiger charge is 2.40. The lowest BCUT2D eigenvalue weighted by molar-refractivity contribution is -0.132. The first-order valence-corrected chi connectivity index (χ1v) is 8.23. The predicted octanol–water partition coefficient (Wildman–Crippen LogP) is 1.82. The molecule has 1 aliphatic rings. The van der Waals surface area contributed by atoms with Gasteiger partial charge in [0.15, 0.2) is 0 Å². The molecule has 7 heteroatoms. The first-order valence-electron chi connectivity index (χ1n) is 8.23. The zero-order chi connectivity index (χ0) is 18.1. The molecular weight excluding hydrogens is 312 g/mol. The van der Waals surface area contributed by atoms with E-state index in [1.54, 1.807) is 0 Å². The number of hydrogen-bond donors (Lipinski definition) is 1. The predicted molar refractivity (Wildman–Crippen MR) is 90.2 cm³/mol. The number of aromatic nitrogens is 2. The lowest BCUT2D eigenvalue weighted by atomic mass is 10.1. The van der Waals surface area contributed by atoms with Crippen molar-refractivity contribution in [2.24, 2.45) is 0 Å². The molecule has 0 bridgehead atoms. The molecule has 1 unspecified atom stereocenters. The number of nitrogens with one attached hydrogen (secondary N) is 1. The molecule has 0 aliphatic carbocycles. The molecule has 24 heavy (non-hydrogen) atoms. The quantitative estimate of drug-likeness (QED) is 0.904. The largest absolute Gasteiger partial charge is 0.373 e. The lowest BCUT2D eigenvalue weighted by Crippen LogP contribution is -2.37. The van der Waals surface area contributed by atoms with Crippen molar-refractivity contribution < 1.29 is 14.2 Å². The third-order valence-corrected chi connectivity index (χ3v) is 3.53. The van der Waals surface area contributed by atoms with E-state index < -0.39 is 17.5 Å². The fourth-order valence-electron chi connectivity index (χ4n) is 2.59. The fraction of sp³-hybridized carbons (Fsp3) is 0.765. The third-order valence-electron chi connectivity index (χ3n) is 3.53. The molecule has 0 saturated carbocycles. The van der Waals surface area contributed by atoms with Crippen LogP contribution in [0.4, 0.5) is 0 Å². The average molecular weight is 340 g/mol. The second kappa shape index (κ2) is 6.82. The second-order valence-electron chi connectivity index (χ2n) is 8.07. The molecule has 0 amide bonds. The Bertz CT molecular complexity index is 665. The standard InChI is InChI=1S/C17H28N2O5/c1-16(2,3)22-10-12-11(24-17(4,5)6)9-14(23-12)19-8-7-13(20)18-15(19)21/h7-8,11-12,14H,9-10H2,1-6H3,(H,18,20,21)/t11?,12-,14-/m1/s1. The third kappa shape index (κ3) is 5.29. The maximum atomic E-state index is 12.0. The van der Waals surface area contributed by atoms with Gasteiger partial charge in [-0.15, -0.1) is 0 Å². The summed E-state index contributed by atoms with van der Waals surface area (Å²) in [4.78, 5) is 25.5. The maximum Gasteiger partial charge on any atom is 0.330 e. The Morgan fingerprint density at radius 1 is 1.21 bits per heavy atom. The molecule has 1 aliphatic heterocycles. The van der Waals surface area contributed by atoms with Crippen LogP contribution in [0.25, 0.3) is 0 Å². The van der Waals surface area contributed by atoms with E-state index in [1.165, 1.54) is 16.8 Å². The molecule has 2 heterocycles. The van der Waals surface area contributed by atoms with E-state index in [4.69, 9.17) is 14.2 Å². The highest BCUT2D eigenvalue weighted by Crippen LogP contribution is 2.33. The van der Waals surface area contributed by atoms with Gasteiger partial charge in [-0.05, 0) is 41.5 Å². The number of hydrogen-bond acceptors (Lipinski definition) is 5. The average Bonchev–Trinajstić information content (AvgIpc) is 2.76. The highest BCUT2D eigenvalue weighted by atomic mass is 16.6. The first kappa shape index (κ1) is 18.9. The second-order valence-corrected chi connectivity index (χ2v) is 8.07. The van der Waals surface area contributed by atoms with Gasteiger partial charge in [0.2, 0.25) is 0 Å². The van der Waals surface area contributed by atoms with Crippen LogP contribution < -0.4 is 11.2 Å². The van der Waals surface area contributed by atoms with Gasteiger partial charge in [0, 0.05) is 18.7 Å². The Hall–Kier alpha value is -1.44. The van der Waals surface area contributed by atoms with Crippen LogP contribution in [0.3, 0.4) is 0 Å². The van der Waals surface area contributed by atoms with E-state index in [-0.39, 0.29) is 23.4 Å². The molecule has 136 valence electrons. The fourth-order valence-corrected chi connectivity index (χ4v) is 2.59. The number of aromatic amines is 1. The molecule has 7 nitrogen and oxygen atoms in total. The van der Waals surface area contributed by atoms with Gasteiger partial charge in [0.25, 0.3) is 5.56 Å². The van der Waals surface area contributed by atoms with E-state index in [9.17, 15) is 9.59 Å². The van der Waals surface area contributed by atoms with E-state index in [2.05, 4.69) is 4.98 Å². The molecule has 1 saturated heterocycles. The van der Waals surface area contributed by atoms with Crippen LogP contribution in [0.1, 0.15) is 54.2 Å². The topological polar surface area (TPSA) is 82.5 Å². The Balaban J connectivity index is 2.18. The van der Waals surface area contributed by atoms with E-state index >= 15 is 0 Å². The number of H-pyrrole nitrogens is 1. The van der Waals surface area contributed by atoms with Crippen LogP contribution in [0.2, 0.25) is 0 Å². The molecule has 2 rings (SSSR count). The summed E-state index contributed by atoms with van der Waals surface area (Å²) in [6, 6.07) is 1.31. The van der Waals surface area contributed by atoms with Crippen molar-refractivity contribution in [2.45, 2.75) is 77.6 Å². The smallest absolute Gasteiger partial charge is 0.330 e. The van der Waals surface area contributed by atoms with Gasteiger partial charge < -0.3 is 14.2 Å². The van der Waals surface area contributed by atoms with Gasteiger partial charge in [-0.2, -0.15) is 0 Å². The van der Waals surface area contributed by atoms with Gasteiger partial charge in [-0.1, -0.05) is 0 Å². The molecule has 3 atom stereocenters. The molecule has 0 spiro atoms. The van der Waals surface area contributed by atoms with Crippen molar-refractivity contribution in [3.63, 3.8) is 0 Å². The number of nitrogens with zero attached hydrogens (tertiary/aromatic N) is 1. The van der Waals surface area contributed by atoms with Crippen molar-refractivity contribution in [1.82, 2.24) is 9.55 Å². The summed E-state index contributed by atoms with van der Waals surface area (Å²) < 4.78 is 19.3. The van der Waals surface area contributed by atoms with Crippen molar-refractivity contribution in [1.29, 1.82) is 0 Å². The minimum Gasteiger partial charge on any atom is -0.373 e. The van der Waals surface area contributed by atoms with Crippen molar-refractivity contribution >= 4 is 0 Å². The molecule has 0 radical (unpaired) electrons. The summed E-state index contributed by atoms with van der Waals surface area (Å²) in [7, 11) is 0. The van der Waals surface area contributed by atoms with Crippen molar-refractivity contribution in [3.05, 3.63) is 33.1 Å². The monoisotopic (exact) mass is 340 g/mol. The van der Waals surface area contributed by atoms with Gasteiger partial charge >= 0.3 is 5.69 Å². The van der Waals surface area contributed by atoms with Crippen LogP contribution in [-0.4, -0.2) is 39.6 Å². The van der Waals surface area contributed by atoms with Gasteiger partial charge in [0.05, 0.1) is 23.9 Å². The van der Waals surface area contributed by atoms with Gasteiger partial charge in [-0.25, -0.2) is 4.79 Å². The number of ether oxygens (including phenoxy) is 3. The van der Waals surface area contributed by atoms with Crippen molar-refractivity contribution in [3.8, 4) is 0 Å². The zero-order valence-corrected chi connectivity index (χ0v) is 15.3. The highest BCUT2D eigenvalue weighted by molar-refractivity contribution is 4.90. The van der Waals surface area contributed by atoms with Gasteiger partial charge in [0.1, 0.15) is 12.3 Å². The minimum absolute atomic E-state index is 0.198. The van der Waals surface area contributed by atoms with E-state index in [0.717, 1.165) is 0 Å². The Kier molecular flexibility index (Phi) is 5.37. The summed E-state index contributed by atoms with van der Waals surface area (Å²) in [5, 5.41) is 0. The van der Waals surface area contributed by atoms with Crippen LogP contribution >= 0.6 is 0 Å². The maximum absolute atomic E-state index is 12.0. The SMILES string of the molecule is CC(C)(C)OC[C@H]1O[C@@H](n2ccc(=O)[nH]c2=O)CC1OC(C)(C)C. The summed E-state index contributed by atoms with van der Waals surface area (Å²) >= 11 is 0. The molecule has 1 N–H and O–H groups in total. The Labute approximate surface area is 141 Å². The van der Waals surface area contributed by atoms with Crippen LogP contribution in [0, 0.1) is 0 Å². The van der Waals surface area contributed by atoms with Gasteiger partial charge in [-0.3, -0.25) is 14.3 Å². The van der Waals surface area contributed by atoms with Crippen LogP contribution in [0.5, 0.6) is 0 Å². The summed E-state index contributed by atoms with van der Waals surface area (Å²) in [6.45, 7) is 12.2. The molecular formula is C17H28N2O5. The lowest BCUT2D eigenvalue weighted by Gasteiger charge is -2.29. The first-order chi connectivity index (χ1) is 10.9. The summed E-state index contributed by atoms with van der Waals surface area (Å²) in [6.07, 6.45) is 0.993. The zero-order valence-electron chi connectivity index (χ0n) is 15.3. The van der Waals surface area contributed by atoms with Crippen LogP contribution in [0.15, 0.2) is 21.9 Å². The molecule has 1 aromatic heterocycles. The summed E-state index contributed by atoms with van der Waals surface area (Å²) in [5.41, 5.74) is -1.54. The molecule has 1 aromatic rings. The summed E-state index contributed by atoms with van der Waals surface area (Å²) in [5.74, 6) is 0. The Morgan fingerprint density at radius 3 is 2.42 bits per heavy atom. The van der Waals surface area contributed by atoms with Crippen LogP contribution in [-0.2, 0) is 14.2 Å². The minimum atomic E-state index is -0.490.